The molecule has 2 N–H and O–H groups in total. The van der Waals surface area contributed by atoms with Crippen LogP contribution in [0.1, 0.15) is 33.9 Å². The molecule has 13 nitrogen and oxygen atoms in total. The topological polar surface area (TPSA) is 156 Å². The zero-order valence-electron chi connectivity index (χ0n) is 23.6. The standard InChI is InChI=1S/C26H32ClFN5O8P/c1-14(2)39-23(35)15(3)32-42(36,41-16-9-7-6-8-10-16)38-11-17-25(4)26(17,12-34)19(28)22(40-25)33-13-29-18-20(33)30-24(27)31-21(18)37-5/h6-10,13-15,17,19,22,34H,11-12H2,1-5H3,(H,32,36)/t15-,17-,19?,22+,25?,26?,42?/m0/s1. The van der Waals surface area contributed by atoms with Crippen molar-refractivity contribution in [3.8, 4) is 11.6 Å². The van der Waals surface area contributed by atoms with Crippen LogP contribution in [0.4, 0.5) is 4.39 Å². The Labute approximate surface area is 246 Å². The Morgan fingerprint density at radius 2 is 2.00 bits per heavy atom. The van der Waals surface area contributed by atoms with Gasteiger partial charge in [0.15, 0.2) is 23.6 Å². The van der Waals surface area contributed by atoms with Crippen LogP contribution in [-0.2, 0) is 23.4 Å². The highest BCUT2D eigenvalue weighted by Crippen LogP contribution is 2.74. The molecule has 1 aromatic carbocycles. The van der Waals surface area contributed by atoms with Crippen LogP contribution >= 0.6 is 19.3 Å². The number of esters is 1. The number of benzene rings is 1. The maximum Gasteiger partial charge on any atom is 0.459 e. The van der Waals surface area contributed by atoms with Gasteiger partial charge in [-0.25, -0.2) is 13.9 Å². The number of aliphatic hydroxyl groups excluding tert-OH is 1. The van der Waals surface area contributed by atoms with E-state index < -0.39 is 61.8 Å². The van der Waals surface area contributed by atoms with Crippen molar-refractivity contribution < 1.29 is 42.1 Å². The van der Waals surface area contributed by atoms with Gasteiger partial charge < -0.3 is 23.8 Å². The molecule has 1 aliphatic heterocycles. The van der Waals surface area contributed by atoms with Gasteiger partial charge in [-0.05, 0) is 51.4 Å². The van der Waals surface area contributed by atoms with E-state index in [1.165, 1.54) is 24.9 Å². The second kappa shape index (κ2) is 11.3. The average molecular weight is 628 g/mol. The molecule has 2 aromatic heterocycles. The maximum atomic E-state index is 16.3. The third kappa shape index (κ3) is 5.14. The van der Waals surface area contributed by atoms with Gasteiger partial charge in [0, 0.05) is 5.92 Å². The molecule has 228 valence electrons. The molecule has 0 amide bonds. The van der Waals surface area contributed by atoms with Gasteiger partial charge in [-0.15, -0.1) is 0 Å². The molecule has 42 heavy (non-hydrogen) atoms. The van der Waals surface area contributed by atoms with E-state index in [2.05, 4.69) is 20.0 Å². The smallest absolute Gasteiger partial charge is 0.459 e. The number of nitrogens with one attached hydrogen (secondary N) is 1. The van der Waals surface area contributed by atoms with Crippen LogP contribution in [0.3, 0.4) is 0 Å². The fraction of sp³-hybridized carbons (Fsp3) is 0.538. The molecule has 16 heteroatoms. The molecule has 2 fully saturated rings. The molecular formula is C26H32ClFN5O8P. The summed E-state index contributed by atoms with van der Waals surface area (Å²) in [5.74, 6) is -1.05. The van der Waals surface area contributed by atoms with E-state index in [-0.39, 0.29) is 34.7 Å². The number of aliphatic hydroxyl groups is 1. The summed E-state index contributed by atoms with van der Waals surface area (Å²) in [5.41, 5.74) is -2.17. The number of ether oxygens (including phenoxy) is 3. The van der Waals surface area contributed by atoms with Crippen LogP contribution in [-0.4, -0.2) is 74.8 Å². The molecule has 3 heterocycles. The Balaban J connectivity index is 1.36. The SMILES string of the molecule is COc1nc(Cl)nc2c1ncn2[C@@H]1OC2(C)[C@H](COP(=O)(N[C@@H](C)C(=O)OC(C)C)Oc3ccccc3)C2(CO)C1F. The van der Waals surface area contributed by atoms with Gasteiger partial charge in [-0.2, -0.15) is 15.1 Å². The zero-order valence-corrected chi connectivity index (χ0v) is 25.2. The molecule has 2 aliphatic rings. The lowest BCUT2D eigenvalue weighted by molar-refractivity contribution is -0.149. The lowest BCUT2D eigenvalue weighted by Gasteiger charge is -2.26. The van der Waals surface area contributed by atoms with Crippen molar-refractivity contribution in [3.05, 3.63) is 41.9 Å². The first-order chi connectivity index (χ1) is 19.9. The van der Waals surface area contributed by atoms with Crippen LogP contribution in [0, 0.1) is 11.3 Å². The van der Waals surface area contributed by atoms with E-state index in [0.717, 1.165) is 0 Å². The Hall–Kier alpha value is -2.87. The van der Waals surface area contributed by atoms with Gasteiger partial charge >= 0.3 is 13.7 Å². The number of hydrogen-bond donors (Lipinski definition) is 2. The Morgan fingerprint density at radius 1 is 1.29 bits per heavy atom. The summed E-state index contributed by atoms with van der Waals surface area (Å²) < 4.78 is 59.6. The number of imidazole rings is 1. The quantitative estimate of drug-likeness (QED) is 0.170. The number of aromatic nitrogens is 4. The van der Waals surface area contributed by atoms with Gasteiger partial charge in [0.2, 0.25) is 11.2 Å². The van der Waals surface area contributed by atoms with Crippen LogP contribution in [0.25, 0.3) is 11.2 Å². The largest absolute Gasteiger partial charge is 0.479 e. The first-order valence-electron chi connectivity index (χ1n) is 13.2. The number of alkyl halides is 1. The van der Waals surface area contributed by atoms with Crippen LogP contribution in [0.15, 0.2) is 36.7 Å². The normalized spacial score (nSPS) is 28.7. The third-order valence-corrected chi connectivity index (χ3v) is 9.58. The summed E-state index contributed by atoms with van der Waals surface area (Å²) in [4.78, 5) is 24.8. The summed E-state index contributed by atoms with van der Waals surface area (Å²) in [6, 6.07) is 7.20. The van der Waals surface area contributed by atoms with Gasteiger partial charge in [0.25, 0.3) is 0 Å². The number of hydrogen-bond acceptors (Lipinski definition) is 11. The van der Waals surface area contributed by atoms with Gasteiger partial charge in [0.1, 0.15) is 11.8 Å². The Kier molecular flexibility index (Phi) is 8.25. The highest BCUT2D eigenvalue weighted by Gasteiger charge is 2.85. The fourth-order valence-corrected chi connectivity index (χ4v) is 7.23. The van der Waals surface area contributed by atoms with Crippen molar-refractivity contribution in [1.82, 2.24) is 24.6 Å². The van der Waals surface area contributed by atoms with E-state index >= 15 is 4.39 Å². The minimum absolute atomic E-state index is 0.116. The summed E-state index contributed by atoms with van der Waals surface area (Å²) in [5, 5.41) is 12.9. The molecule has 0 bridgehead atoms. The molecule has 7 atom stereocenters. The molecule has 0 spiro atoms. The average Bonchev–Trinajstić information content (AvgIpc) is 3.13. The summed E-state index contributed by atoms with van der Waals surface area (Å²) >= 11 is 6.03. The van der Waals surface area contributed by atoms with Crippen molar-refractivity contribution in [1.29, 1.82) is 0 Å². The van der Waals surface area contributed by atoms with Gasteiger partial charge in [0.05, 0.1) is 43.8 Å². The zero-order chi connectivity index (χ0) is 30.4. The van der Waals surface area contributed by atoms with Crippen molar-refractivity contribution in [2.75, 3.05) is 20.3 Å². The molecular weight excluding hydrogens is 596 g/mol. The number of halogens is 2. The molecule has 5 rings (SSSR count). The predicted molar refractivity (Wildman–Crippen MR) is 148 cm³/mol. The van der Waals surface area contributed by atoms with E-state index in [1.54, 1.807) is 51.1 Å². The first kappa shape index (κ1) is 30.6. The highest BCUT2D eigenvalue weighted by molar-refractivity contribution is 7.52. The predicted octanol–water partition coefficient (Wildman–Crippen LogP) is 3.86. The molecule has 1 saturated carbocycles. The Morgan fingerprint density at radius 3 is 2.62 bits per heavy atom. The first-order valence-corrected chi connectivity index (χ1v) is 15.2. The van der Waals surface area contributed by atoms with Crippen molar-refractivity contribution >= 4 is 36.5 Å². The maximum absolute atomic E-state index is 16.3. The van der Waals surface area contributed by atoms with Crippen molar-refractivity contribution in [3.63, 3.8) is 0 Å². The number of nitrogens with zero attached hydrogens (tertiary/aromatic N) is 4. The molecule has 1 aliphatic carbocycles. The van der Waals surface area contributed by atoms with Crippen LogP contribution < -0.4 is 14.3 Å². The minimum Gasteiger partial charge on any atom is -0.479 e. The van der Waals surface area contributed by atoms with E-state index in [0.29, 0.717) is 0 Å². The third-order valence-electron chi connectivity index (χ3n) is 7.76. The van der Waals surface area contributed by atoms with Crippen molar-refractivity contribution in [2.45, 2.75) is 57.8 Å². The molecule has 0 radical (unpaired) electrons. The minimum atomic E-state index is -4.22. The summed E-state index contributed by atoms with van der Waals surface area (Å²) in [6.07, 6.45) is -2.02. The molecule has 4 unspecified atom stereocenters. The highest BCUT2D eigenvalue weighted by atomic mass is 35.5. The number of methoxy groups -OCH3 is 1. The van der Waals surface area contributed by atoms with E-state index in [1.807, 2.05) is 0 Å². The number of carbonyl (C=O) groups is 1. The number of para-hydroxylation sites is 1. The Bertz CT molecular complexity index is 1510. The lowest BCUT2D eigenvalue weighted by Crippen LogP contribution is -2.36. The number of rotatable bonds is 12. The van der Waals surface area contributed by atoms with E-state index in [4.69, 9.17) is 34.9 Å². The second-order valence-corrected chi connectivity index (χ2v) is 12.7. The van der Waals surface area contributed by atoms with Crippen LogP contribution in [0.5, 0.6) is 11.6 Å². The summed E-state index contributed by atoms with van der Waals surface area (Å²) in [7, 11) is -2.83. The number of fused-ring (bicyclic) bond motifs is 2. The monoisotopic (exact) mass is 627 g/mol. The number of carbonyl (C=O) groups excluding carboxylic acids is 1. The van der Waals surface area contributed by atoms with Gasteiger partial charge in [-0.3, -0.25) is 13.9 Å². The summed E-state index contributed by atoms with van der Waals surface area (Å²) in [6.45, 7) is 5.57. The van der Waals surface area contributed by atoms with Gasteiger partial charge in [-0.1, -0.05) is 18.2 Å². The van der Waals surface area contributed by atoms with Crippen LogP contribution in [0.2, 0.25) is 5.28 Å². The second-order valence-electron chi connectivity index (χ2n) is 10.6. The molecule has 3 aromatic rings. The molecule has 1 saturated heterocycles. The van der Waals surface area contributed by atoms with E-state index in [9.17, 15) is 14.5 Å². The van der Waals surface area contributed by atoms with Crippen molar-refractivity contribution in [2.24, 2.45) is 11.3 Å². The fourth-order valence-electron chi connectivity index (χ4n) is 5.57. The lowest BCUT2D eigenvalue weighted by atomic mass is 9.96.